The molecule has 0 fully saturated rings. The second-order valence-corrected chi connectivity index (χ2v) is 6.63. The Morgan fingerprint density at radius 1 is 1.00 bits per heavy atom. The van der Waals surface area contributed by atoms with Crippen molar-refractivity contribution in [2.24, 2.45) is 0 Å². The van der Waals surface area contributed by atoms with Gasteiger partial charge >= 0.3 is 0 Å². The first-order valence-electron chi connectivity index (χ1n) is 8.68. The van der Waals surface area contributed by atoms with Crippen LogP contribution in [0, 0.1) is 0 Å². The van der Waals surface area contributed by atoms with E-state index in [4.69, 9.17) is 11.6 Å². The first-order chi connectivity index (χ1) is 14.2. The van der Waals surface area contributed by atoms with Crippen LogP contribution in [0.15, 0.2) is 71.9 Å². The summed E-state index contributed by atoms with van der Waals surface area (Å²) in [6, 6.07) is 14.4. The SMILES string of the molecule is O=c1nccccc1Nc1nc2ccccc2c2nc(-c3cncc(Cl)c3)nn12. The van der Waals surface area contributed by atoms with E-state index in [0.29, 0.717) is 33.5 Å². The molecule has 8 nitrogen and oxygen atoms in total. The van der Waals surface area contributed by atoms with Crippen LogP contribution in [0.5, 0.6) is 0 Å². The molecule has 0 saturated carbocycles. The van der Waals surface area contributed by atoms with Gasteiger partial charge in [0.05, 0.1) is 10.5 Å². The lowest BCUT2D eigenvalue weighted by Gasteiger charge is -2.07. The van der Waals surface area contributed by atoms with Crippen LogP contribution in [0.3, 0.4) is 0 Å². The largest absolute Gasteiger partial charge is 0.319 e. The van der Waals surface area contributed by atoms with Crippen molar-refractivity contribution in [2.75, 3.05) is 5.32 Å². The number of nitrogens with zero attached hydrogens (tertiary/aromatic N) is 6. The fourth-order valence-electron chi connectivity index (χ4n) is 2.96. The van der Waals surface area contributed by atoms with Crippen molar-refractivity contribution in [3.8, 4) is 11.4 Å². The van der Waals surface area contributed by atoms with Crippen LogP contribution in [0.25, 0.3) is 27.9 Å². The van der Waals surface area contributed by atoms with E-state index in [-0.39, 0.29) is 5.69 Å². The van der Waals surface area contributed by atoms with Gasteiger partial charge in [-0.3, -0.25) is 9.78 Å². The van der Waals surface area contributed by atoms with Gasteiger partial charge in [-0.1, -0.05) is 29.8 Å². The Morgan fingerprint density at radius 3 is 2.76 bits per heavy atom. The van der Waals surface area contributed by atoms with E-state index in [2.05, 4.69) is 30.4 Å². The van der Waals surface area contributed by atoms with Crippen molar-refractivity contribution in [1.82, 2.24) is 29.5 Å². The van der Waals surface area contributed by atoms with Gasteiger partial charge in [0.15, 0.2) is 11.5 Å². The van der Waals surface area contributed by atoms with Gasteiger partial charge in [0.25, 0.3) is 5.56 Å². The summed E-state index contributed by atoms with van der Waals surface area (Å²) in [4.78, 5) is 29.4. The molecule has 5 aromatic rings. The number of halogens is 1. The summed E-state index contributed by atoms with van der Waals surface area (Å²) in [5.74, 6) is 0.790. The van der Waals surface area contributed by atoms with E-state index in [1.165, 1.54) is 6.20 Å². The lowest BCUT2D eigenvalue weighted by molar-refractivity contribution is 0.947. The molecule has 0 amide bonds. The lowest BCUT2D eigenvalue weighted by Crippen LogP contribution is -2.11. The molecule has 0 aliphatic heterocycles. The van der Waals surface area contributed by atoms with Gasteiger partial charge < -0.3 is 5.32 Å². The molecule has 5 rings (SSSR count). The first-order valence-corrected chi connectivity index (χ1v) is 9.06. The van der Waals surface area contributed by atoms with Crippen LogP contribution >= 0.6 is 11.6 Å². The molecule has 0 atom stereocenters. The van der Waals surface area contributed by atoms with Crippen LogP contribution in [-0.4, -0.2) is 29.5 Å². The van der Waals surface area contributed by atoms with Gasteiger partial charge in [-0.15, -0.1) is 5.10 Å². The molecule has 1 aromatic carbocycles. The second-order valence-electron chi connectivity index (χ2n) is 6.19. The van der Waals surface area contributed by atoms with Crippen LogP contribution < -0.4 is 10.9 Å². The minimum absolute atomic E-state index is 0.278. The Balaban J connectivity index is 1.76. The number of hydrogen-bond donors (Lipinski definition) is 1. The van der Waals surface area contributed by atoms with Crippen LogP contribution in [0.2, 0.25) is 5.02 Å². The quantitative estimate of drug-likeness (QED) is 0.494. The molecule has 29 heavy (non-hydrogen) atoms. The average Bonchev–Trinajstić information content (AvgIpc) is 3.09. The van der Waals surface area contributed by atoms with E-state index in [9.17, 15) is 4.79 Å². The van der Waals surface area contributed by atoms with E-state index >= 15 is 0 Å². The maximum atomic E-state index is 12.2. The fourth-order valence-corrected chi connectivity index (χ4v) is 3.14. The molecule has 0 aliphatic carbocycles. The predicted octanol–water partition coefficient (Wildman–Crippen LogP) is 3.49. The number of pyridine rings is 1. The van der Waals surface area contributed by atoms with Crippen molar-refractivity contribution < 1.29 is 0 Å². The Morgan fingerprint density at radius 2 is 1.86 bits per heavy atom. The van der Waals surface area contributed by atoms with E-state index < -0.39 is 5.56 Å². The molecule has 4 heterocycles. The van der Waals surface area contributed by atoms with Crippen LogP contribution in [-0.2, 0) is 0 Å². The van der Waals surface area contributed by atoms with Gasteiger partial charge in [0.1, 0.15) is 5.69 Å². The second kappa shape index (κ2) is 6.92. The Bertz CT molecular complexity index is 1430. The molecule has 0 aliphatic rings. The summed E-state index contributed by atoms with van der Waals surface area (Å²) in [6.45, 7) is 0. The van der Waals surface area contributed by atoms with Crippen molar-refractivity contribution in [3.63, 3.8) is 0 Å². The summed E-state index contributed by atoms with van der Waals surface area (Å²) >= 11 is 6.07. The highest BCUT2D eigenvalue weighted by molar-refractivity contribution is 6.30. The molecule has 4 aromatic heterocycles. The van der Waals surface area contributed by atoms with E-state index in [1.807, 2.05) is 24.3 Å². The first kappa shape index (κ1) is 17.2. The monoisotopic (exact) mass is 401 g/mol. The summed E-state index contributed by atoms with van der Waals surface area (Å²) in [7, 11) is 0. The normalized spacial score (nSPS) is 11.1. The molecule has 9 heteroatoms. The Labute approximate surface area is 168 Å². The molecular formula is C20H12ClN7O. The third kappa shape index (κ3) is 3.15. The molecule has 0 bridgehead atoms. The van der Waals surface area contributed by atoms with Gasteiger partial charge in [-0.25, -0.2) is 15.0 Å². The fraction of sp³-hybridized carbons (Fsp3) is 0. The van der Waals surface area contributed by atoms with Crippen molar-refractivity contribution in [1.29, 1.82) is 0 Å². The number of rotatable bonds is 3. The molecule has 1 N–H and O–H groups in total. The number of benzene rings is 1. The van der Waals surface area contributed by atoms with Crippen molar-refractivity contribution in [3.05, 3.63) is 82.5 Å². The van der Waals surface area contributed by atoms with Gasteiger partial charge in [-0.2, -0.15) is 4.52 Å². The maximum Gasteiger partial charge on any atom is 0.293 e. The van der Waals surface area contributed by atoms with Crippen LogP contribution in [0.1, 0.15) is 0 Å². The zero-order valence-electron chi connectivity index (χ0n) is 14.8. The third-order valence-electron chi connectivity index (χ3n) is 4.27. The van der Waals surface area contributed by atoms with E-state index in [0.717, 1.165) is 5.39 Å². The summed E-state index contributed by atoms with van der Waals surface area (Å²) in [6.07, 6.45) is 4.62. The minimum atomic E-state index is -0.405. The zero-order chi connectivity index (χ0) is 19.8. The van der Waals surface area contributed by atoms with E-state index in [1.54, 1.807) is 41.2 Å². The van der Waals surface area contributed by atoms with Crippen LogP contribution in [0.4, 0.5) is 11.6 Å². The topological polar surface area (TPSA) is 98.0 Å². The highest BCUT2D eigenvalue weighted by atomic mass is 35.5. The summed E-state index contributed by atoms with van der Waals surface area (Å²) in [5.41, 5.74) is 1.85. The molecule has 0 saturated heterocycles. The highest BCUT2D eigenvalue weighted by Crippen LogP contribution is 2.25. The van der Waals surface area contributed by atoms with Crippen molar-refractivity contribution >= 4 is 39.8 Å². The zero-order valence-corrected chi connectivity index (χ0v) is 15.6. The minimum Gasteiger partial charge on any atom is -0.319 e. The lowest BCUT2D eigenvalue weighted by atomic mass is 10.2. The predicted molar refractivity (Wildman–Crippen MR) is 110 cm³/mol. The maximum absolute atomic E-state index is 12.2. The number of nitrogens with one attached hydrogen (secondary N) is 1. The Kier molecular flexibility index (Phi) is 4.10. The smallest absolute Gasteiger partial charge is 0.293 e. The number of anilines is 2. The summed E-state index contributed by atoms with van der Waals surface area (Å²) in [5, 5.41) is 8.92. The van der Waals surface area contributed by atoms with Gasteiger partial charge in [-0.05, 0) is 30.3 Å². The van der Waals surface area contributed by atoms with Gasteiger partial charge in [0.2, 0.25) is 5.95 Å². The average molecular weight is 402 g/mol. The number of para-hydroxylation sites is 1. The third-order valence-corrected chi connectivity index (χ3v) is 4.48. The molecule has 140 valence electrons. The Hall–Kier alpha value is -3.91. The molecule has 0 spiro atoms. The molecular weight excluding hydrogens is 390 g/mol. The standard InChI is InChI=1S/C20H12ClN7O/c21-13-9-12(10-22-11-13)17-26-18-14-5-1-2-6-15(14)24-20(28(18)27-17)25-16-7-3-4-8-23-19(16)29/h1-11H,(H,23,24,25,29). The van der Waals surface area contributed by atoms with Crippen molar-refractivity contribution in [2.45, 2.75) is 0 Å². The molecule has 0 unspecified atom stereocenters. The number of fused-ring (bicyclic) bond motifs is 3. The highest BCUT2D eigenvalue weighted by Gasteiger charge is 2.15. The summed E-state index contributed by atoms with van der Waals surface area (Å²) < 4.78 is 1.56. The van der Waals surface area contributed by atoms with Gasteiger partial charge in [0, 0.05) is 29.5 Å². The number of aromatic nitrogens is 6. The number of hydrogen-bond acceptors (Lipinski definition) is 7. The molecule has 0 radical (unpaired) electrons.